The molecule has 2 unspecified atom stereocenters. The van der Waals surface area contributed by atoms with Crippen LogP contribution in [0.4, 0.5) is 8.78 Å². The molecule has 0 aromatic heterocycles. The number of carbonyl (C=O) groups excluding carboxylic acids is 1. The van der Waals surface area contributed by atoms with Crippen molar-refractivity contribution >= 4 is 5.91 Å². The van der Waals surface area contributed by atoms with Gasteiger partial charge < -0.3 is 10.4 Å². The SMILES string of the molecule is CCC(NC(=O)C(C)O)c1cc(F)ccc1F. The van der Waals surface area contributed by atoms with Crippen molar-refractivity contribution in [3.63, 3.8) is 0 Å². The molecule has 5 heteroatoms. The lowest BCUT2D eigenvalue weighted by Gasteiger charge is -2.19. The largest absolute Gasteiger partial charge is 0.384 e. The van der Waals surface area contributed by atoms with Gasteiger partial charge in [0.2, 0.25) is 5.91 Å². The summed E-state index contributed by atoms with van der Waals surface area (Å²) in [4.78, 5) is 11.3. The molecule has 1 aromatic carbocycles. The van der Waals surface area contributed by atoms with Gasteiger partial charge in [0.1, 0.15) is 17.7 Å². The highest BCUT2D eigenvalue weighted by Crippen LogP contribution is 2.21. The van der Waals surface area contributed by atoms with Crippen LogP contribution in [0, 0.1) is 11.6 Å². The third-order valence-electron chi connectivity index (χ3n) is 2.44. The topological polar surface area (TPSA) is 49.3 Å². The lowest BCUT2D eigenvalue weighted by Crippen LogP contribution is -2.35. The van der Waals surface area contributed by atoms with Gasteiger partial charge in [0, 0.05) is 5.56 Å². The molecule has 17 heavy (non-hydrogen) atoms. The first-order valence-corrected chi connectivity index (χ1v) is 5.39. The van der Waals surface area contributed by atoms with E-state index in [9.17, 15) is 13.6 Å². The van der Waals surface area contributed by atoms with Crippen molar-refractivity contribution in [2.75, 3.05) is 0 Å². The monoisotopic (exact) mass is 243 g/mol. The van der Waals surface area contributed by atoms with Gasteiger partial charge >= 0.3 is 0 Å². The molecule has 3 nitrogen and oxygen atoms in total. The first-order chi connectivity index (χ1) is 7.95. The number of benzene rings is 1. The van der Waals surface area contributed by atoms with Gasteiger partial charge in [0.25, 0.3) is 0 Å². The number of carbonyl (C=O) groups is 1. The molecular weight excluding hydrogens is 228 g/mol. The molecule has 1 rings (SSSR count). The summed E-state index contributed by atoms with van der Waals surface area (Å²) in [5.74, 6) is -1.75. The number of hydrogen-bond donors (Lipinski definition) is 2. The van der Waals surface area contributed by atoms with Gasteiger partial charge in [-0.25, -0.2) is 8.78 Å². The minimum atomic E-state index is -1.18. The lowest BCUT2D eigenvalue weighted by molar-refractivity contribution is -0.129. The number of nitrogens with one attached hydrogen (secondary N) is 1. The lowest BCUT2D eigenvalue weighted by atomic mass is 10.0. The number of hydrogen-bond acceptors (Lipinski definition) is 2. The summed E-state index contributed by atoms with van der Waals surface area (Å²) < 4.78 is 26.5. The van der Waals surface area contributed by atoms with E-state index in [1.54, 1.807) is 6.92 Å². The highest BCUT2D eigenvalue weighted by atomic mass is 19.1. The molecular formula is C12H15F2NO2. The summed E-state index contributed by atoms with van der Waals surface area (Å²) >= 11 is 0. The van der Waals surface area contributed by atoms with Gasteiger partial charge in [-0.15, -0.1) is 0 Å². The molecule has 2 atom stereocenters. The maximum atomic E-state index is 13.5. The van der Waals surface area contributed by atoms with Gasteiger partial charge in [-0.3, -0.25) is 4.79 Å². The van der Waals surface area contributed by atoms with Gasteiger partial charge in [-0.1, -0.05) is 6.92 Å². The van der Waals surface area contributed by atoms with Crippen molar-refractivity contribution in [1.29, 1.82) is 0 Å². The van der Waals surface area contributed by atoms with E-state index in [0.717, 1.165) is 18.2 Å². The van der Waals surface area contributed by atoms with Crippen molar-refractivity contribution in [3.05, 3.63) is 35.4 Å². The number of amides is 1. The van der Waals surface area contributed by atoms with Crippen LogP contribution in [0.5, 0.6) is 0 Å². The third-order valence-corrected chi connectivity index (χ3v) is 2.44. The van der Waals surface area contributed by atoms with Crippen LogP contribution in [0.25, 0.3) is 0 Å². The van der Waals surface area contributed by atoms with Gasteiger partial charge in [-0.05, 0) is 31.5 Å². The van der Waals surface area contributed by atoms with Crippen molar-refractivity contribution in [1.82, 2.24) is 5.32 Å². The Bertz CT molecular complexity index is 407. The Morgan fingerprint density at radius 3 is 2.65 bits per heavy atom. The van der Waals surface area contributed by atoms with Crippen LogP contribution in [0.2, 0.25) is 0 Å². The average Bonchev–Trinajstić information content (AvgIpc) is 2.29. The van der Waals surface area contributed by atoms with Gasteiger partial charge in [0.05, 0.1) is 6.04 Å². The van der Waals surface area contributed by atoms with Crippen LogP contribution in [-0.4, -0.2) is 17.1 Å². The second-order valence-electron chi connectivity index (χ2n) is 3.81. The molecule has 94 valence electrons. The number of rotatable bonds is 4. The Morgan fingerprint density at radius 2 is 2.12 bits per heavy atom. The average molecular weight is 243 g/mol. The number of halogens is 2. The third kappa shape index (κ3) is 3.49. The van der Waals surface area contributed by atoms with Gasteiger partial charge in [0.15, 0.2) is 0 Å². The van der Waals surface area contributed by atoms with Crippen LogP contribution >= 0.6 is 0 Å². The highest BCUT2D eigenvalue weighted by molar-refractivity contribution is 5.80. The van der Waals surface area contributed by atoms with Crippen LogP contribution in [0.15, 0.2) is 18.2 Å². The van der Waals surface area contributed by atoms with Crippen molar-refractivity contribution in [3.8, 4) is 0 Å². The predicted octanol–water partition coefficient (Wildman–Crippen LogP) is 1.91. The summed E-state index contributed by atoms with van der Waals surface area (Å²) in [6.45, 7) is 3.04. The van der Waals surface area contributed by atoms with E-state index in [2.05, 4.69) is 5.32 Å². The minimum absolute atomic E-state index is 0.0847. The molecule has 0 heterocycles. The molecule has 0 aliphatic rings. The van der Waals surface area contributed by atoms with E-state index in [1.165, 1.54) is 6.92 Å². The summed E-state index contributed by atoms with van der Waals surface area (Å²) in [7, 11) is 0. The summed E-state index contributed by atoms with van der Waals surface area (Å²) in [6.07, 6.45) is -0.778. The molecule has 0 aliphatic heterocycles. The number of aliphatic hydroxyl groups is 1. The van der Waals surface area contributed by atoms with E-state index in [1.807, 2.05) is 0 Å². The van der Waals surface area contributed by atoms with E-state index < -0.39 is 29.7 Å². The standard InChI is InChI=1S/C12H15F2NO2/c1-3-11(15-12(17)7(2)16)9-6-8(13)4-5-10(9)14/h4-7,11,16H,3H2,1-2H3,(H,15,17). The Labute approximate surface area is 98.5 Å². The maximum absolute atomic E-state index is 13.5. The zero-order valence-corrected chi connectivity index (χ0v) is 9.71. The second kappa shape index (κ2) is 5.72. The predicted molar refractivity (Wildman–Crippen MR) is 59.2 cm³/mol. The first-order valence-electron chi connectivity index (χ1n) is 5.39. The molecule has 0 fully saturated rings. The Morgan fingerprint density at radius 1 is 1.47 bits per heavy atom. The molecule has 2 N–H and O–H groups in total. The molecule has 0 saturated carbocycles. The molecule has 0 radical (unpaired) electrons. The van der Waals surface area contributed by atoms with E-state index >= 15 is 0 Å². The summed E-state index contributed by atoms with van der Waals surface area (Å²) in [6, 6.07) is 2.43. The fourth-order valence-electron chi connectivity index (χ4n) is 1.47. The fraction of sp³-hybridized carbons (Fsp3) is 0.417. The second-order valence-corrected chi connectivity index (χ2v) is 3.81. The summed E-state index contributed by atoms with van der Waals surface area (Å²) in [5.41, 5.74) is 0.0847. The van der Waals surface area contributed by atoms with Crippen LogP contribution in [0.1, 0.15) is 31.9 Å². The fourth-order valence-corrected chi connectivity index (χ4v) is 1.47. The molecule has 1 aromatic rings. The van der Waals surface area contributed by atoms with Crippen molar-refractivity contribution in [2.24, 2.45) is 0 Å². The molecule has 0 saturated heterocycles. The Kier molecular flexibility index (Phi) is 4.57. The molecule has 0 aliphatic carbocycles. The van der Waals surface area contributed by atoms with Crippen LogP contribution < -0.4 is 5.32 Å². The molecule has 0 bridgehead atoms. The quantitative estimate of drug-likeness (QED) is 0.848. The normalized spacial score (nSPS) is 14.2. The zero-order chi connectivity index (χ0) is 13.0. The maximum Gasteiger partial charge on any atom is 0.249 e. The minimum Gasteiger partial charge on any atom is -0.384 e. The Balaban J connectivity index is 2.93. The molecule has 0 spiro atoms. The first kappa shape index (κ1) is 13.6. The smallest absolute Gasteiger partial charge is 0.249 e. The highest BCUT2D eigenvalue weighted by Gasteiger charge is 2.19. The van der Waals surface area contributed by atoms with Gasteiger partial charge in [-0.2, -0.15) is 0 Å². The van der Waals surface area contributed by atoms with E-state index in [0.29, 0.717) is 6.42 Å². The van der Waals surface area contributed by atoms with Crippen molar-refractivity contribution < 1.29 is 18.7 Å². The van der Waals surface area contributed by atoms with Crippen LogP contribution in [-0.2, 0) is 4.79 Å². The van der Waals surface area contributed by atoms with Crippen LogP contribution in [0.3, 0.4) is 0 Å². The summed E-state index contributed by atoms with van der Waals surface area (Å²) in [5, 5.41) is 11.5. The molecule has 1 amide bonds. The van der Waals surface area contributed by atoms with E-state index in [-0.39, 0.29) is 5.56 Å². The number of aliphatic hydroxyl groups excluding tert-OH is 1. The van der Waals surface area contributed by atoms with E-state index in [4.69, 9.17) is 5.11 Å². The zero-order valence-electron chi connectivity index (χ0n) is 9.71. The van der Waals surface area contributed by atoms with Crippen molar-refractivity contribution in [2.45, 2.75) is 32.4 Å². The Hall–Kier alpha value is -1.49.